The topological polar surface area (TPSA) is 84.9 Å². The zero-order valence-corrected chi connectivity index (χ0v) is 22.1. The molecule has 7 nitrogen and oxygen atoms in total. The third kappa shape index (κ3) is 5.63. The molecule has 194 valence electrons. The smallest absolute Gasteiger partial charge is 0.335 e. The Morgan fingerprint density at radius 3 is 2.39 bits per heavy atom. The zero-order valence-electron chi connectivity index (χ0n) is 21.3. The first-order valence-electron chi connectivity index (χ1n) is 11.9. The van der Waals surface area contributed by atoms with Gasteiger partial charge >= 0.3 is 6.03 Å². The van der Waals surface area contributed by atoms with E-state index in [9.17, 15) is 14.4 Å². The normalized spacial score (nSPS) is 14.5. The molecule has 4 rings (SSSR count). The van der Waals surface area contributed by atoms with Crippen LogP contribution in [0.4, 0.5) is 10.5 Å². The standard InChI is InChI=1S/C30H27ClN2O5/c1-5-6-22-14-21(16-26(37-4)27(22)38-17-20-8-10-23(31)11-9-20)15-25-28(34)32-30(36)33(29(25)35)24-12-7-18(2)19(3)13-24/h5,7-16H,1,6,17H2,2-4H3,(H,32,34,36)/b25-15+. The lowest BCUT2D eigenvalue weighted by Crippen LogP contribution is -2.54. The van der Waals surface area contributed by atoms with E-state index in [1.54, 1.807) is 42.5 Å². The molecule has 0 spiro atoms. The van der Waals surface area contributed by atoms with E-state index >= 15 is 0 Å². The molecule has 38 heavy (non-hydrogen) atoms. The molecule has 0 aromatic heterocycles. The largest absolute Gasteiger partial charge is 0.493 e. The van der Waals surface area contributed by atoms with Gasteiger partial charge in [0.15, 0.2) is 11.5 Å². The number of anilines is 1. The number of carbonyl (C=O) groups excluding carboxylic acids is 3. The van der Waals surface area contributed by atoms with Crippen LogP contribution in [0.3, 0.4) is 0 Å². The third-order valence-corrected chi connectivity index (χ3v) is 6.45. The number of imide groups is 2. The minimum Gasteiger partial charge on any atom is -0.493 e. The molecule has 1 heterocycles. The Balaban J connectivity index is 1.70. The fourth-order valence-electron chi connectivity index (χ4n) is 4.05. The van der Waals surface area contributed by atoms with E-state index in [1.807, 2.05) is 32.0 Å². The molecule has 1 fully saturated rings. The predicted molar refractivity (Wildman–Crippen MR) is 148 cm³/mol. The van der Waals surface area contributed by atoms with Crippen molar-refractivity contribution in [1.29, 1.82) is 0 Å². The average molecular weight is 531 g/mol. The number of nitrogens with one attached hydrogen (secondary N) is 1. The summed E-state index contributed by atoms with van der Waals surface area (Å²) in [6, 6.07) is 15.2. The maximum Gasteiger partial charge on any atom is 0.335 e. The molecule has 4 amide bonds. The number of rotatable bonds is 8. The number of hydrogen-bond acceptors (Lipinski definition) is 5. The van der Waals surface area contributed by atoms with Crippen molar-refractivity contribution < 1.29 is 23.9 Å². The first-order valence-corrected chi connectivity index (χ1v) is 12.3. The Morgan fingerprint density at radius 2 is 1.74 bits per heavy atom. The summed E-state index contributed by atoms with van der Waals surface area (Å²) in [5, 5.41) is 2.90. The van der Waals surface area contributed by atoms with Gasteiger partial charge in [-0.05, 0) is 85.0 Å². The van der Waals surface area contributed by atoms with Crippen LogP contribution in [-0.2, 0) is 22.6 Å². The fourth-order valence-corrected chi connectivity index (χ4v) is 4.17. The highest BCUT2D eigenvalue weighted by Gasteiger charge is 2.37. The molecule has 1 aliphatic rings. The van der Waals surface area contributed by atoms with Crippen molar-refractivity contribution in [2.75, 3.05) is 12.0 Å². The molecule has 0 atom stereocenters. The van der Waals surface area contributed by atoms with Gasteiger partial charge in [0.2, 0.25) is 0 Å². The molecule has 0 saturated carbocycles. The van der Waals surface area contributed by atoms with E-state index in [-0.39, 0.29) is 12.2 Å². The second-order valence-electron chi connectivity index (χ2n) is 8.85. The Hall–Kier alpha value is -4.36. The van der Waals surface area contributed by atoms with Crippen LogP contribution in [-0.4, -0.2) is 25.0 Å². The molecular formula is C30H27ClN2O5. The highest BCUT2D eigenvalue weighted by atomic mass is 35.5. The Kier molecular flexibility index (Phi) is 7.98. The van der Waals surface area contributed by atoms with Crippen LogP contribution in [0.2, 0.25) is 5.02 Å². The lowest BCUT2D eigenvalue weighted by atomic mass is 10.0. The third-order valence-electron chi connectivity index (χ3n) is 6.20. The zero-order chi connectivity index (χ0) is 27.4. The maximum absolute atomic E-state index is 13.4. The van der Waals surface area contributed by atoms with Crippen molar-refractivity contribution in [3.05, 3.63) is 106 Å². The van der Waals surface area contributed by atoms with E-state index < -0.39 is 17.8 Å². The van der Waals surface area contributed by atoms with Gasteiger partial charge in [-0.25, -0.2) is 9.69 Å². The SMILES string of the molecule is C=CCc1cc(/C=C2\C(=O)NC(=O)N(c3ccc(C)c(C)c3)C2=O)cc(OC)c1OCc1ccc(Cl)cc1. The van der Waals surface area contributed by atoms with Crippen LogP contribution >= 0.6 is 11.6 Å². The number of hydrogen-bond donors (Lipinski definition) is 1. The van der Waals surface area contributed by atoms with Gasteiger partial charge in [-0.15, -0.1) is 6.58 Å². The lowest BCUT2D eigenvalue weighted by molar-refractivity contribution is -0.122. The van der Waals surface area contributed by atoms with Crippen molar-refractivity contribution in [2.45, 2.75) is 26.9 Å². The number of nitrogens with zero attached hydrogens (tertiary/aromatic N) is 1. The van der Waals surface area contributed by atoms with Crippen LogP contribution in [0.5, 0.6) is 11.5 Å². The minimum atomic E-state index is -0.795. The molecule has 3 aromatic carbocycles. The number of halogens is 1. The number of carbonyl (C=O) groups is 3. The summed E-state index contributed by atoms with van der Waals surface area (Å²) in [7, 11) is 1.51. The van der Waals surface area contributed by atoms with Crippen LogP contribution in [0.15, 0.2) is 72.8 Å². The van der Waals surface area contributed by atoms with Crippen molar-refractivity contribution in [3.63, 3.8) is 0 Å². The van der Waals surface area contributed by atoms with E-state index in [1.165, 1.54) is 13.2 Å². The Labute approximate surface area is 226 Å². The first kappa shape index (κ1) is 26.7. The van der Waals surface area contributed by atoms with Gasteiger partial charge in [0.25, 0.3) is 11.8 Å². The van der Waals surface area contributed by atoms with E-state index in [0.29, 0.717) is 34.2 Å². The maximum atomic E-state index is 13.4. The van der Waals surface area contributed by atoms with Gasteiger partial charge < -0.3 is 9.47 Å². The number of aryl methyl sites for hydroxylation is 2. The van der Waals surface area contributed by atoms with Gasteiger partial charge in [-0.1, -0.05) is 35.9 Å². The van der Waals surface area contributed by atoms with Crippen molar-refractivity contribution in [1.82, 2.24) is 5.32 Å². The number of benzene rings is 3. The minimum absolute atomic E-state index is 0.177. The molecular weight excluding hydrogens is 504 g/mol. The van der Waals surface area contributed by atoms with Gasteiger partial charge in [0, 0.05) is 10.6 Å². The molecule has 1 aliphatic heterocycles. The van der Waals surface area contributed by atoms with Crippen LogP contribution < -0.4 is 19.7 Å². The van der Waals surface area contributed by atoms with Gasteiger partial charge in [0.1, 0.15) is 12.2 Å². The monoisotopic (exact) mass is 530 g/mol. The first-order chi connectivity index (χ1) is 18.2. The molecule has 0 aliphatic carbocycles. The molecule has 0 unspecified atom stereocenters. The number of amides is 4. The van der Waals surface area contributed by atoms with E-state index in [4.69, 9.17) is 21.1 Å². The van der Waals surface area contributed by atoms with E-state index in [0.717, 1.165) is 27.2 Å². The van der Waals surface area contributed by atoms with Crippen LogP contribution in [0.25, 0.3) is 6.08 Å². The summed E-state index contributed by atoms with van der Waals surface area (Å²) < 4.78 is 11.7. The second kappa shape index (κ2) is 11.4. The van der Waals surface area contributed by atoms with Crippen LogP contribution in [0, 0.1) is 13.8 Å². The highest BCUT2D eigenvalue weighted by Crippen LogP contribution is 2.35. The molecule has 1 saturated heterocycles. The lowest BCUT2D eigenvalue weighted by Gasteiger charge is -2.27. The molecule has 1 N–H and O–H groups in total. The Bertz CT molecular complexity index is 1460. The summed E-state index contributed by atoms with van der Waals surface area (Å²) in [4.78, 5) is 39.6. The quantitative estimate of drug-likeness (QED) is 0.221. The van der Waals surface area contributed by atoms with E-state index in [2.05, 4.69) is 11.9 Å². The number of methoxy groups -OCH3 is 1. The van der Waals surface area contributed by atoms with Gasteiger partial charge in [-0.2, -0.15) is 0 Å². The summed E-state index contributed by atoms with van der Waals surface area (Å²) in [5.74, 6) is -0.534. The summed E-state index contributed by atoms with van der Waals surface area (Å²) in [6.07, 6.45) is 3.62. The number of barbiturate groups is 1. The molecule has 3 aromatic rings. The Morgan fingerprint density at radius 1 is 1.00 bits per heavy atom. The predicted octanol–water partition coefficient (Wildman–Crippen LogP) is 5.94. The molecule has 8 heteroatoms. The number of urea groups is 1. The summed E-state index contributed by atoms with van der Waals surface area (Å²) in [5.41, 5.74) is 4.35. The molecule has 0 radical (unpaired) electrons. The average Bonchev–Trinajstić information content (AvgIpc) is 2.88. The van der Waals surface area contributed by atoms with Crippen molar-refractivity contribution >= 4 is 41.2 Å². The number of allylic oxidation sites excluding steroid dienone is 1. The highest BCUT2D eigenvalue weighted by molar-refractivity contribution is 6.39. The van der Waals surface area contributed by atoms with Crippen molar-refractivity contribution in [2.24, 2.45) is 0 Å². The van der Waals surface area contributed by atoms with Crippen LogP contribution in [0.1, 0.15) is 27.8 Å². The summed E-state index contributed by atoms with van der Waals surface area (Å²) >= 11 is 5.97. The number of ether oxygens (including phenoxy) is 2. The second-order valence-corrected chi connectivity index (χ2v) is 9.28. The van der Waals surface area contributed by atoms with Gasteiger partial charge in [-0.3, -0.25) is 14.9 Å². The molecule has 0 bridgehead atoms. The summed E-state index contributed by atoms with van der Waals surface area (Å²) in [6.45, 7) is 7.93. The van der Waals surface area contributed by atoms with Crippen molar-refractivity contribution in [3.8, 4) is 11.5 Å². The van der Waals surface area contributed by atoms with Gasteiger partial charge in [0.05, 0.1) is 12.8 Å². The fraction of sp³-hybridized carbons (Fsp3) is 0.167.